The number of rotatable bonds is 6. The summed E-state index contributed by atoms with van der Waals surface area (Å²) in [6, 6.07) is 9.77. The van der Waals surface area contributed by atoms with Gasteiger partial charge >= 0.3 is 0 Å². The van der Waals surface area contributed by atoms with Gasteiger partial charge in [0.2, 0.25) is 5.91 Å². The number of aromatic nitrogens is 4. The van der Waals surface area contributed by atoms with E-state index in [4.69, 9.17) is 0 Å². The standard InChI is InChI=1S/C19H21N5OS/c1-4-24-18(15-8-10-20-11-9-15)22-23-19(24)26-12-16(25)21-17-13(2)6-5-7-14(17)3/h5-11H,4,12H2,1-3H3,(H,21,25). The van der Waals surface area contributed by atoms with Gasteiger partial charge in [0.1, 0.15) is 0 Å². The zero-order chi connectivity index (χ0) is 18.5. The zero-order valence-corrected chi connectivity index (χ0v) is 15.9. The predicted octanol–water partition coefficient (Wildman–Crippen LogP) is 3.71. The summed E-state index contributed by atoms with van der Waals surface area (Å²) in [7, 11) is 0. The van der Waals surface area contributed by atoms with Gasteiger partial charge < -0.3 is 9.88 Å². The number of anilines is 1. The minimum Gasteiger partial charge on any atom is -0.325 e. The predicted molar refractivity (Wildman–Crippen MR) is 104 cm³/mol. The Morgan fingerprint density at radius 3 is 2.46 bits per heavy atom. The van der Waals surface area contributed by atoms with Gasteiger partial charge in [-0.15, -0.1) is 10.2 Å². The van der Waals surface area contributed by atoms with E-state index in [0.29, 0.717) is 0 Å². The van der Waals surface area contributed by atoms with Crippen LogP contribution in [0.15, 0.2) is 47.9 Å². The van der Waals surface area contributed by atoms with Gasteiger partial charge in [0.05, 0.1) is 5.75 Å². The molecule has 3 aromatic rings. The smallest absolute Gasteiger partial charge is 0.234 e. The van der Waals surface area contributed by atoms with Crippen LogP contribution in [-0.4, -0.2) is 31.4 Å². The number of hydrogen-bond donors (Lipinski definition) is 1. The SMILES string of the molecule is CCn1c(SCC(=O)Nc2c(C)cccc2C)nnc1-c1ccncc1. The topological polar surface area (TPSA) is 72.7 Å². The number of thioether (sulfide) groups is 1. The van der Waals surface area contributed by atoms with Crippen LogP contribution in [0.2, 0.25) is 0 Å². The Morgan fingerprint density at radius 1 is 1.12 bits per heavy atom. The Hall–Kier alpha value is -2.67. The molecule has 0 radical (unpaired) electrons. The van der Waals surface area contributed by atoms with Gasteiger partial charge in [0.25, 0.3) is 0 Å². The molecule has 3 rings (SSSR count). The van der Waals surface area contributed by atoms with Crippen LogP contribution >= 0.6 is 11.8 Å². The van der Waals surface area contributed by atoms with Crippen LogP contribution in [0.4, 0.5) is 5.69 Å². The molecule has 0 aliphatic heterocycles. The molecule has 0 aliphatic carbocycles. The fourth-order valence-electron chi connectivity index (χ4n) is 2.71. The lowest BCUT2D eigenvalue weighted by molar-refractivity contribution is -0.113. The molecular formula is C19H21N5OS. The van der Waals surface area contributed by atoms with E-state index in [-0.39, 0.29) is 11.7 Å². The molecule has 0 bridgehead atoms. The largest absolute Gasteiger partial charge is 0.325 e. The highest BCUT2D eigenvalue weighted by Crippen LogP contribution is 2.24. The first kappa shape index (κ1) is 18.1. The Morgan fingerprint density at radius 2 is 1.81 bits per heavy atom. The minimum atomic E-state index is -0.0523. The molecule has 0 unspecified atom stereocenters. The van der Waals surface area contributed by atoms with Gasteiger partial charge in [-0.25, -0.2) is 0 Å². The number of amides is 1. The monoisotopic (exact) mass is 367 g/mol. The number of aryl methyl sites for hydroxylation is 2. The van der Waals surface area contributed by atoms with Gasteiger partial charge in [-0.2, -0.15) is 0 Å². The lowest BCUT2D eigenvalue weighted by atomic mass is 10.1. The molecule has 0 saturated heterocycles. The van der Waals surface area contributed by atoms with Crippen molar-refractivity contribution in [2.75, 3.05) is 11.1 Å². The molecule has 0 atom stereocenters. The van der Waals surface area contributed by atoms with Crippen LogP contribution in [0.25, 0.3) is 11.4 Å². The molecule has 26 heavy (non-hydrogen) atoms. The highest BCUT2D eigenvalue weighted by molar-refractivity contribution is 7.99. The van der Waals surface area contributed by atoms with E-state index >= 15 is 0 Å². The number of hydrogen-bond acceptors (Lipinski definition) is 5. The molecule has 6 nitrogen and oxygen atoms in total. The van der Waals surface area contributed by atoms with E-state index in [1.807, 2.05) is 55.7 Å². The molecular weight excluding hydrogens is 346 g/mol. The molecule has 2 heterocycles. The molecule has 134 valence electrons. The maximum Gasteiger partial charge on any atom is 0.234 e. The van der Waals surface area contributed by atoms with Gasteiger partial charge in [-0.1, -0.05) is 30.0 Å². The highest BCUT2D eigenvalue weighted by Gasteiger charge is 2.15. The number of carbonyl (C=O) groups is 1. The van der Waals surface area contributed by atoms with Crippen LogP contribution in [0.3, 0.4) is 0 Å². The average Bonchev–Trinajstić information content (AvgIpc) is 3.07. The summed E-state index contributed by atoms with van der Waals surface area (Å²) in [6.45, 7) is 6.75. The van der Waals surface area contributed by atoms with Gasteiger partial charge in [0.15, 0.2) is 11.0 Å². The van der Waals surface area contributed by atoms with E-state index in [1.165, 1.54) is 11.8 Å². The second kappa shape index (κ2) is 8.14. The van der Waals surface area contributed by atoms with Crippen molar-refractivity contribution in [3.05, 3.63) is 53.9 Å². The number of para-hydroxylation sites is 1. The molecule has 7 heteroatoms. The van der Waals surface area contributed by atoms with Gasteiger partial charge in [-0.3, -0.25) is 9.78 Å². The third kappa shape index (κ3) is 3.94. The lowest BCUT2D eigenvalue weighted by Crippen LogP contribution is -2.16. The third-order valence-corrected chi connectivity index (χ3v) is 5.02. The first-order valence-electron chi connectivity index (χ1n) is 8.42. The van der Waals surface area contributed by atoms with E-state index in [9.17, 15) is 4.79 Å². The summed E-state index contributed by atoms with van der Waals surface area (Å²) in [5.41, 5.74) is 3.95. The molecule has 1 aromatic carbocycles. The summed E-state index contributed by atoms with van der Waals surface area (Å²) >= 11 is 1.39. The fourth-order valence-corrected chi connectivity index (χ4v) is 3.51. The second-order valence-corrected chi connectivity index (χ2v) is 6.83. The van der Waals surface area contributed by atoms with Crippen molar-refractivity contribution in [3.63, 3.8) is 0 Å². The molecule has 1 N–H and O–H groups in total. The molecule has 1 amide bonds. The Labute approximate surface area is 157 Å². The van der Waals surface area contributed by atoms with Gasteiger partial charge in [-0.05, 0) is 44.0 Å². The molecule has 0 saturated carbocycles. The maximum atomic E-state index is 12.4. The van der Waals surface area contributed by atoms with E-state index in [1.54, 1.807) is 12.4 Å². The van der Waals surface area contributed by atoms with Crippen molar-refractivity contribution in [1.29, 1.82) is 0 Å². The second-order valence-electron chi connectivity index (χ2n) is 5.89. The van der Waals surface area contributed by atoms with Crippen molar-refractivity contribution >= 4 is 23.4 Å². The summed E-state index contributed by atoms with van der Waals surface area (Å²) in [5.74, 6) is 1.01. The number of nitrogens with one attached hydrogen (secondary N) is 1. The summed E-state index contributed by atoms with van der Waals surface area (Å²) in [6.07, 6.45) is 3.46. The Kier molecular flexibility index (Phi) is 5.68. The molecule has 2 aromatic heterocycles. The first-order chi connectivity index (χ1) is 12.6. The number of benzene rings is 1. The number of nitrogens with zero attached hydrogens (tertiary/aromatic N) is 4. The van der Waals surface area contributed by atoms with E-state index in [2.05, 4.69) is 20.5 Å². The summed E-state index contributed by atoms with van der Waals surface area (Å²) < 4.78 is 2.01. The number of carbonyl (C=O) groups excluding carboxylic acids is 1. The van der Waals surface area contributed by atoms with Crippen molar-refractivity contribution in [3.8, 4) is 11.4 Å². The Balaban J connectivity index is 1.70. The molecule has 0 spiro atoms. The molecule has 0 aliphatic rings. The zero-order valence-electron chi connectivity index (χ0n) is 15.1. The Bertz CT molecular complexity index is 887. The minimum absolute atomic E-state index is 0.0523. The van der Waals surface area contributed by atoms with Crippen LogP contribution in [0.1, 0.15) is 18.1 Å². The quantitative estimate of drug-likeness (QED) is 0.673. The molecule has 0 fully saturated rings. The number of pyridine rings is 1. The van der Waals surface area contributed by atoms with E-state index in [0.717, 1.165) is 39.9 Å². The highest BCUT2D eigenvalue weighted by atomic mass is 32.2. The summed E-state index contributed by atoms with van der Waals surface area (Å²) in [4.78, 5) is 16.4. The summed E-state index contributed by atoms with van der Waals surface area (Å²) in [5, 5.41) is 12.3. The van der Waals surface area contributed by atoms with Crippen molar-refractivity contribution in [2.45, 2.75) is 32.5 Å². The van der Waals surface area contributed by atoms with Crippen LogP contribution in [0.5, 0.6) is 0 Å². The van der Waals surface area contributed by atoms with Gasteiger partial charge in [0, 0.05) is 30.2 Å². The van der Waals surface area contributed by atoms with Crippen molar-refractivity contribution in [2.24, 2.45) is 0 Å². The average molecular weight is 367 g/mol. The normalized spacial score (nSPS) is 10.7. The fraction of sp³-hybridized carbons (Fsp3) is 0.263. The van der Waals surface area contributed by atoms with Crippen LogP contribution in [-0.2, 0) is 11.3 Å². The van der Waals surface area contributed by atoms with Crippen LogP contribution < -0.4 is 5.32 Å². The third-order valence-electron chi connectivity index (χ3n) is 4.05. The first-order valence-corrected chi connectivity index (χ1v) is 9.41. The van der Waals surface area contributed by atoms with E-state index < -0.39 is 0 Å². The van der Waals surface area contributed by atoms with Crippen molar-refractivity contribution < 1.29 is 4.79 Å². The lowest BCUT2D eigenvalue weighted by Gasteiger charge is -2.11. The van der Waals surface area contributed by atoms with Crippen molar-refractivity contribution in [1.82, 2.24) is 19.7 Å². The van der Waals surface area contributed by atoms with Crippen LogP contribution in [0, 0.1) is 13.8 Å². The maximum absolute atomic E-state index is 12.4.